The number of H-pyrrole nitrogens is 1. The normalized spacial score (nSPS) is 16.4. The molecule has 2 fully saturated rings. The molecule has 0 aliphatic carbocycles. The van der Waals surface area contributed by atoms with Crippen LogP contribution < -0.4 is 15.8 Å². The van der Waals surface area contributed by atoms with Crippen LogP contribution >= 0.6 is 11.8 Å². The monoisotopic (exact) mass is 588 g/mol. The molecule has 2 aliphatic heterocycles. The summed E-state index contributed by atoms with van der Waals surface area (Å²) in [6.07, 6.45) is 3.19. The van der Waals surface area contributed by atoms with Gasteiger partial charge < -0.3 is 19.9 Å². The predicted octanol–water partition coefficient (Wildman–Crippen LogP) is 5.80. The summed E-state index contributed by atoms with van der Waals surface area (Å²) in [6.45, 7) is 12.7. The summed E-state index contributed by atoms with van der Waals surface area (Å²) in [5.41, 5.74) is 8.24. The number of rotatable bonds is 9. The standard InChI is InChI=1S/C34H44N4O3S/c1-5-38(29-11-14-41-15-12-29)32-19-28(27-9-7-26(8-10-27)21-37-13-6-16-42-22-37)18-30(25(32)4)33(39)35-20-31-23(2)17-24(3)36-34(31)40/h7-10,17-19,29H,5-6,11-16,20-22H2,1-4H3,(H,35,39)(H,36,40). The topological polar surface area (TPSA) is 77.7 Å². The van der Waals surface area contributed by atoms with E-state index in [2.05, 4.69) is 57.4 Å². The molecular formula is C34H44N4O3S. The molecule has 2 N–H and O–H groups in total. The molecule has 0 atom stereocenters. The summed E-state index contributed by atoms with van der Waals surface area (Å²) in [7, 11) is 0. The van der Waals surface area contributed by atoms with Crippen molar-refractivity contribution >= 4 is 23.4 Å². The number of ether oxygens (including phenoxy) is 1. The average Bonchev–Trinajstić information content (AvgIpc) is 2.99. The Morgan fingerprint density at radius 2 is 1.86 bits per heavy atom. The second-order valence-electron chi connectivity index (χ2n) is 11.6. The molecule has 5 rings (SSSR count). The van der Waals surface area contributed by atoms with E-state index < -0.39 is 0 Å². The number of nitrogens with zero attached hydrogens (tertiary/aromatic N) is 2. The molecule has 0 unspecified atom stereocenters. The van der Waals surface area contributed by atoms with Crippen LogP contribution in [0.5, 0.6) is 0 Å². The first-order chi connectivity index (χ1) is 20.3. The maximum absolute atomic E-state index is 13.8. The molecular weight excluding hydrogens is 544 g/mol. The first kappa shape index (κ1) is 30.4. The van der Waals surface area contributed by atoms with E-state index in [1.165, 1.54) is 17.7 Å². The molecule has 1 amide bonds. The fourth-order valence-electron chi connectivity index (χ4n) is 6.22. The molecule has 2 saturated heterocycles. The van der Waals surface area contributed by atoms with Crippen LogP contribution in [0.1, 0.15) is 64.5 Å². The number of hydrogen-bond donors (Lipinski definition) is 2. The van der Waals surface area contributed by atoms with Crippen molar-refractivity contribution in [3.8, 4) is 11.1 Å². The minimum Gasteiger partial charge on any atom is -0.381 e. The van der Waals surface area contributed by atoms with Crippen LogP contribution in [0.4, 0.5) is 5.69 Å². The number of aromatic amines is 1. The summed E-state index contributed by atoms with van der Waals surface area (Å²) in [5.74, 6) is 2.18. The number of hydrogen-bond acceptors (Lipinski definition) is 6. The first-order valence-corrected chi connectivity index (χ1v) is 16.4. The molecule has 224 valence electrons. The number of carbonyl (C=O) groups excluding carboxylic acids is 1. The highest BCUT2D eigenvalue weighted by atomic mass is 32.2. The molecule has 0 spiro atoms. The van der Waals surface area contributed by atoms with Crippen LogP contribution in [0.2, 0.25) is 0 Å². The lowest BCUT2D eigenvalue weighted by Crippen LogP contribution is -2.40. The highest BCUT2D eigenvalue weighted by molar-refractivity contribution is 7.99. The second-order valence-corrected chi connectivity index (χ2v) is 12.6. The molecule has 2 aliphatic rings. The Hall–Kier alpha value is -3.07. The minimum absolute atomic E-state index is 0.154. The van der Waals surface area contributed by atoms with Crippen LogP contribution in [0.3, 0.4) is 0 Å². The molecule has 0 bridgehead atoms. The maximum atomic E-state index is 13.8. The fourth-order valence-corrected chi connectivity index (χ4v) is 7.16. The minimum atomic E-state index is -0.169. The number of aromatic nitrogens is 1. The summed E-state index contributed by atoms with van der Waals surface area (Å²) in [4.78, 5) is 34.2. The van der Waals surface area contributed by atoms with Crippen LogP contribution in [-0.4, -0.2) is 59.8 Å². The van der Waals surface area contributed by atoms with Crippen molar-refractivity contribution in [1.82, 2.24) is 15.2 Å². The molecule has 3 aromatic rings. The van der Waals surface area contributed by atoms with Crippen molar-refractivity contribution in [3.05, 3.63) is 86.3 Å². The smallest absolute Gasteiger partial charge is 0.253 e. The van der Waals surface area contributed by atoms with Crippen LogP contribution in [0.15, 0.2) is 47.3 Å². The van der Waals surface area contributed by atoms with Gasteiger partial charge in [0.05, 0.1) is 0 Å². The van der Waals surface area contributed by atoms with Gasteiger partial charge in [-0.2, -0.15) is 0 Å². The third-order valence-corrected chi connectivity index (χ3v) is 9.68. The number of nitrogens with one attached hydrogen (secondary N) is 2. The molecule has 3 heterocycles. The van der Waals surface area contributed by atoms with Crippen molar-refractivity contribution in [2.24, 2.45) is 0 Å². The van der Waals surface area contributed by atoms with Crippen molar-refractivity contribution < 1.29 is 9.53 Å². The van der Waals surface area contributed by atoms with Crippen molar-refractivity contribution in [2.75, 3.05) is 42.8 Å². The van der Waals surface area contributed by atoms with Gasteiger partial charge in [0.1, 0.15) is 0 Å². The Morgan fingerprint density at radius 1 is 1.10 bits per heavy atom. The zero-order chi connectivity index (χ0) is 29.6. The second kappa shape index (κ2) is 13.9. The van der Waals surface area contributed by atoms with E-state index in [1.54, 1.807) is 0 Å². The van der Waals surface area contributed by atoms with E-state index >= 15 is 0 Å². The Bertz CT molecular complexity index is 1440. The van der Waals surface area contributed by atoms with Gasteiger partial charge in [0.2, 0.25) is 0 Å². The highest BCUT2D eigenvalue weighted by Crippen LogP contribution is 2.34. The number of benzene rings is 2. The van der Waals surface area contributed by atoms with E-state index in [0.29, 0.717) is 17.2 Å². The SMILES string of the molecule is CCN(c1cc(-c2ccc(CN3CCCSC3)cc2)cc(C(=O)NCc2c(C)cc(C)[nH]c2=O)c1C)C1CCOCC1. The number of amides is 1. The van der Waals surface area contributed by atoms with Crippen LogP contribution in [-0.2, 0) is 17.8 Å². The van der Waals surface area contributed by atoms with Gasteiger partial charge in [0.25, 0.3) is 11.5 Å². The van der Waals surface area contributed by atoms with E-state index in [-0.39, 0.29) is 18.0 Å². The summed E-state index contributed by atoms with van der Waals surface area (Å²) >= 11 is 2.01. The van der Waals surface area contributed by atoms with E-state index in [4.69, 9.17) is 4.74 Å². The third kappa shape index (κ3) is 7.10. The zero-order valence-corrected chi connectivity index (χ0v) is 26.2. The predicted molar refractivity (Wildman–Crippen MR) is 174 cm³/mol. The average molecular weight is 589 g/mol. The van der Waals surface area contributed by atoms with Gasteiger partial charge in [0, 0.05) is 73.8 Å². The van der Waals surface area contributed by atoms with Gasteiger partial charge in [-0.25, -0.2) is 0 Å². The molecule has 0 radical (unpaired) electrons. The van der Waals surface area contributed by atoms with E-state index in [1.807, 2.05) is 44.7 Å². The lowest BCUT2D eigenvalue weighted by Gasteiger charge is -2.37. The molecule has 8 heteroatoms. The van der Waals surface area contributed by atoms with Gasteiger partial charge in [0.15, 0.2) is 0 Å². The Balaban J connectivity index is 1.46. The number of aryl methyl sites for hydroxylation is 2. The molecule has 7 nitrogen and oxygen atoms in total. The molecule has 0 saturated carbocycles. The van der Waals surface area contributed by atoms with Gasteiger partial charge in [-0.05, 0) is 98.7 Å². The fraction of sp³-hybridized carbons (Fsp3) is 0.471. The van der Waals surface area contributed by atoms with Gasteiger partial charge in [-0.3, -0.25) is 14.5 Å². The highest BCUT2D eigenvalue weighted by Gasteiger charge is 2.25. The maximum Gasteiger partial charge on any atom is 0.253 e. The molecule has 1 aromatic heterocycles. The molecule has 2 aromatic carbocycles. The number of pyridine rings is 1. The zero-order valence-electron chi connectivity index (χ0n) is 25.4. The van der Waals surface area contributed by atoms with Crippen molar-refractivity contribution in [1.29, 1.82) is 0 Å². The van der Waals surface area contributed by atoms with Crippen molar-refractivity contribution in [3.63, 3.8) is 0 Å². The van der Waals surface area contributed by atoms with Crippen LogP contribution in [0.25, 0.3) is 11.1 Å². The van der Waals surface area contributed by atoms with Gasteiger partial charge in [-0.1, -0.05) is 24.3 Å². The summed E-state index contributed by atoms with van der Waals surface area (Å²) < 4.78 is 5.66. The molecule has 42 heavy (non-hydrogen) atoms. The Morgan fingerprint density at radius 3 is 2.52 bits per heavy atom. The largest absolute Gasteiger partial charge is 0.381 e. The first-order valence-electron chi connectivity index (χ1n) is 15.2. The van der Waals surface area contributed by atoms with Crippen LogP contribution in [0, 0.1) is 20.8 Å². The summed E-state index contributed by atoms with van der Waals surface area (Å²) in [5, 5.41) is 3.05. The van der Waals surface area contributed by atoms with Gasteiger partial charge in [-0.15, -0.1) is 11.8 Å². The lowest BCUT2D eigenvalue weighted by atomic mass is 9.94. The van der Waals surface area contributed by atoms with E-state index in [0.717, 1.165) is 85.2 Å². The quantitative estimate of drug-likeness (QED) is 0.329. The lowest BCUT2D eigenvalue weighted by molar-refractivity contribution is 0.0846. The third-order valence-electron chi connectivity index (χ3n) is 8.56. The van der Waals surface area contributed by atoms with Gasteiger partial charge >= 0.3 is 0 Å². The van der Waals surface area contributed by atoms with Crippen molar-refractivity contribution in [2.45, 2.75) is 66.1 Å². The summed E-state index contributed by atoms with van der Waals surface area (Å²) in [6, 6.07) is 15.4. The number of carbonyl (C=O) groups is 1. The number of thioether (sulfide) groups is 1. The van der Waals surface area contributed by atoms with E-state index in [9.17, 15) is 9.59 Å². The Kier molecular flexibility index (Phi) is 10.1. The Labute approximate surface area is 254 Å². The number of anilines is 1.